The second kappa shape index (κ2) is 5.45. The lowest BCUT2D eigenvalue weighted by Crippen LogP contribution is -2.42. The Balaban J connectivity index is 2.29. The molecule has 1 aliphatic heterocycles. The molecule has 0 bridgehead atoms. The number of aliphatic hydroxyl groups is 1. The first-order valence-corrected chi connectivity index (χ1v) is 5.40. The molecule has 1 fully saturated rings. The summed E-state index contributed by atoms with van der Waals surface area (Å²) >= 11 is 0. The summed E-state index contributed by atoms with van der Waals surface area (Å²) in [6, 6.07) is 2.37. The second-order valence-electron chi connectivity index (χ2n) is 4.58. The van der Waals surface area contributed by atoms with Gasteiger partial charge in [-0.1, -0.05) is 0 Å². The maximum Gasteiger partial charge on any atom is 0.0900 e. The summed E-state index contributed by atoms with van der Waals surface area (Å²) in [5.41, 5.74) is -0.164. The molecule has 4 heteroatoms. The largest absolute Gasteiger partial charge is 0.389 e. The van der Waals surface area contributed by atoms with Crippen molar-refractivity contribution in [3.05, 3.63) is 0 Å². The van der Waals surface area contributed by atoms with Gasteiger partial charge in [0.25, 0.3) is 0 Å². The van der Waals surface area contributed by atoms with Gasteiger partial charge >= 0.3 is 0 Å². The average Bonchev–Trinajstić information content (AvgIpc) is 2.22. The van der Waals surface area contributed by atoms with Crippen molar-refractivity contribution >= 4 is 0 Å². The van der Waals surface area contributed by atoms with Crippen molar-refractivity contribution in [3.8, 4) is 6.07 Å². The first-order valence-electron chi connectivity index (χ1n) is 5.40. The molecule has 86 valence electrons. The maximum absolute atomic E-state index is 9.56. The van der Waals surface area contributed by atoms with Crippen LogP contribution >= 0.6 is 0 Å². The van der Waals surface area contributed by atoms with E-state index < -0.39 is 6.10 Å². The fourth-order valence-corrected chi connectivity index (χ4v) is 1.88. The summed E-state index contributed by atoms with van der Waals surface area (Å²) in [4.78, 5) is 2.20. The highest BCUT2D eigenvalue weighted by Crippen LogP contribution is 2.29. The summed E-state index contributed by atoms with van der Waals surface area (Å²) in [7, 11) is 1.59. The average molecular weight is 212 g/mol. The summed E-state index contributed by atoms with van der Waals surface area (Å²) in [5.74, 6) is 0. The number of nitrogens with zero attached hydrogens (tertiary/aromatic N) is 2. The molecule has 1 heterocycles. The fraction of sp³-hybridized carbons (Fsp3) is 0.909. The Kier molecular flexibility index (Phi) is 4.52. The van der Waals surface area contributed by atoms with Crippen LogP contribution in [0.25, 0.3) is 0 Å². The lowest BCUT2D eigenvalue weighted by atomic mass is 9.82. The number of β-amino-alcohol motifs (C(OH)–C–C–N with tert-alkyl or cyclic N) is 1. The van der Waals surface area contributed by atoms with Crippen LogP contribution in [0.1, 0.15) is 19.8 Å². The van der Waals surface area contributed by atoms with Crippen LogP contribution in [0.15, 0.2) is 0 Å². The van der Waals surface area contributed by atoms with Crippen molar-refractivity contribution in [2.45, 2.75) is 25.9 Å². The predicted molar refractivity (Wildman–Crippen MR) is 57.3 cm³/mol. The van der Waals surface area contributed by atoms with E-state index in [1.807, 2.05) is 6.92 Å². The van der Waals surface area contributed by atoms with Crippen LogP contribution in [0.4, 0.5) is 0 Å². The molecule has 1 rings (SSSR count). The van der Waals surface area contributed by atoms with Crippen LogP contribution in [0.2, 0.25) is 0 Å². The van der Waals surface area contributed by atoms with Gasteiger partial charge in [-0.15, -0.1) is 0 Å². The quantitative estimate of drug-likeness (QED) is 0.742. The van der Waals surface area contributed by atoms with Crippen LogP contribution in [0.3, 0.4) is 0 Å². The van der Waals surface area contributed by atoms with Gasteiger partial charge < -0.3 is 14.7 Å². The van der Waals surface area contributed by atoms with Gasteiger partial charge in [0.2, 0.25) is 0 Å². The Labute approximate surface area is 91.4 Å². The summed E-state index contributed by atoms with van der Waals surface area (Å²) < 4.78 is 4.88. The summed E-state index contributed by atoms with van der Waals surface area (Å²) in [5, 5.41) is 18.5. The van der Waals surface area contributed by atoms with Gasteiger partial charge in [0.05, 0.1) is 24.2 Å². The SMILES string of the molecule is COCC(O)CN1CCC(C)(C#N)CC1. The minimum atomic E-state index is -0.415. The van der Waals surface area contributed by atoms with Gasteiger partial charge in [0.15, 0.2) is 0 Å². The van der Waals surface area contributed by atoms with E-state index in [1.165, 1.54) is 0 Å². The maximum atomic E-state index is 9.56. The lowest BCUT2D eigenvalue weighted by Gasteiger charge is -2.35. The van der Waals surface area contributed by atoms with Crippen molar-refractivity contribution in [3.63, 3.8) is 0 Å². The van der Waals surface area contributed by atoms with E-state index in [0.717, 1.165) is 25.9 Å². The molecule has 1 atom stereocenters. The number of ether oxygens (including phenoxy) is 1. The van der Waals surface area contributed by atoms with Gasteiger partial charge in [-0.05, 0) is 32.9 Å². The van der Waals surface area contributed by atoms with Gasteiger partial charge in [-0.2, -0.15) is 5.26 Å². The third-order valence-corrected chi connectivity index (χ3v) is 3.06. The second-order valence-corrected chi connectivity index (χ2v) is 4.58. The zero-order valence-corrected chi connectivity index (χ0v) is 9.57. The molecule has 1 N–H and O–H groups in total. The topological polar surface area (TPSA) is 56.5 Å². The highest BCUT2D eigenvalue weighted by atomic mass is 16.5. The number of hydrogen-bond acceptors (Lipinski definition) is 4. The summed E-state index contributed by atoms with van der Waals surface area (Å²) in [6.07, 6.45) is 1.37. The highest BCUT2D eigenvalue weighted by Gasteiger charge is 2.30. The minimum absolute atomic E-state index is 0.164. The van der Waals surface area contributed by atoms with Gasteiger partial charge in [-0.3, -0.25) is 0 Å². The lowest BCUT2D eigenvalue weighted by molar-refractivity contribution is 0.0258. The smallest absolute Gasteiger partial charge is 0.0900 e. The number of hydrogen-bond donors (Lipinski definition) is 1. The standard InChI is InChI=1S/C11H20N2O2/c1-11(9-12)3-5-13(6-4-11)7-10(14)8-15-2/h10,14H,3-8H2,1-2H3. The highest BCUT2D eigenvalue weighted by molar-refractivity contribution is 4.98. The molecule has 0 amide bonds. The third kappa shape index (κ3) is 3.78. The molecule has 0 aliphatic carbocycles. The van der Waals surface area contributed by atoms with E-state index in [9.17, 15) is 5.11 Å². The number of methoxy groups -OCH3 is 1. The Morgan fingerprint density at radius 3 is 2.60 bits per heavy atom. The van der Waals surface area contributed by atoms with Crippen molar-refractivity contribution in [2.75, 3.05) is 33.4 Å². The van der Waals surface area contributed by atoms with E-state index in [1.54, 1.807) is 7.11 Å². The van der Waals surface area contributed by atoms with E-state index in [2.05, 4.69) is 11.0 Å². The Morgan fingerprint density at radius 1 is 1.53 bits per heavy atom. The van der Waals surface area contributed by atoms with Crippen LogP contribution < -0.4 is 0 Å². The molecule has 1 unspecified atom stereocenters. The van der Waals surface area contributed by atoms with E-state index in [4.69, 9.17) is 10.00 Å². The zero-order valence-electron chi connectivity index (χ0n) is 9.57. The Hall–Kier alpha value is -0.630. The number of likely N-dealkylation sites (tertiary alicyclic amines) is 1. The number of aliphatic hydroxyl groups excluding tert-OH is 1. The van der Waals surface area contributed by atoms with Crippen molar-refractivity contribution < 1.29 is 9.84 Å². The van der Waals surface area contributed by atoms with E-state index in [-0.39, 0.29) is 5.41 Å². The number of nitriles is 1. The van der Waals surface area contributed by atoms with Crippen molar-refractivity contribution in [1.82, 2.24) is 4.90 Å². The fourth-order valence-electron chi connectivity index (χ4n) is 1.88. The molecule has 0 aromatic carbocycles. The molecular formula is C11H20N2O2. The molecule has 0 spiro atoms. The minimum Gasteiger partial charge on any atom is -0.389 e. The molecule has 0 aromatic rings. The molecule has 15 heavy (non-hydrogen) atoms. The molecule has 1 aliphatic rings. The predicted octanol–water partition coefficient (Wildman–Crippen LogP) is 0.619. The molecule has 0 saturated carbocycles. The molecule has 0 aromatic heterocycles. The monoisotopic (exact) mass is 212 g/mol. The van der Waals surface area contributed by atoms with Crippen LogP contribution in [0.5, 0.6) is 0 Å². The van der Waals surface area contributed by atoms with Crippen LogP contribution in [-0.2, 0) is 4.74 Å². The van der Waals surface area contributed by atoms with Gasteiger partial charge in [-0.25, -0.2) is 0 Å². The number of rotatable bonds is 4. The van der Waals surface area contributed by atoms with Crippen LogP contribution in [-0.4, -0.2) is 49.5 Å². The molecule has 0 radical (unpaired) electrons. The van der Waals surface area contributed by atoms with Crippen molar-refractivity contribution in [1.29, 1.82) is 5.26 Å². The Morgan fingerprint density at radius 2 is 2.13 bits per heavy atom. The third-order valence-electron chi connectivity index (χ3n) is 3.06. The summed E-state index contributed by atoms with van der Waals surface area (Å²) in [6.45, 7) is 4.83. The Bertz CT molecular complexity index is 229. The van der Waals surface area contributed by atoms with Crippen molar-refractivity contribution in [2.24, 2.45) is 5.41 Å². The van der Waals surface area contributed by atoms with E-state index >= 15 is 0 Å². The normalized spacial score (nSPS) is 23.3. The van der Waals surface area contributed by atoms with E-state index in [0.29, 0.717) is 13.2 Å². The van der Waals surface area contributed by atoms with Crippen LogP contribution in [0, 0.1) is 16.7 Å². The zero-order chi connectivity index (χ0) is 11.3. The molecule has 1 saturated heterocycles. The molecule has 4 nitrogen and oxygen atoms in total. The first-order chi connectivity index (χ1) is 7.09. The molecular weight excluding hydrogens is 192 g/mol. The van der Waals surface area contributed by atoms with Gasteiger partial charge in [0.1, 0.15) is 0 Å². The van der Waals surface area contributed by atoms with Gasteiger partial charge in [0, 0.05) is 13.7 Å². The number of piperidine rings is 1. The first kappa shape index (κ1) is 12.4.